The van der Waals surface area contributed by atoms with Gasteiger partial charge in [-0.05, 0) is 179 Å². The Labute approximate surface area is 501 Å². The van der Waals surface area contributed by atoms with E-state index in [0.29, 0.717) is 147 Å². The SMILES string of the molecule is Cc1cc(F)c(Nc2nc(-c3ccc4c(c3)N(C3CC(N5CCCCC5)C3)C(=O)C43CCN(C(=O)[C@@H]4CCN(C(=O)C5CCC(Nc6cccc7c6C(=O)N(C6CCCNC6=O)C7=O)CC5)C4)CC3)cc3ncn(C(C)C)c23)cc1C(=O)NC(C)C. The van der Waals surface area contributed by atoms with Gasteiger partial charge in [-0.15, -0.1) is 0 Å². The number of hydrogen-bond donors (Lipinski definition) is 4. The van der Waals surface area contributed by atoms with Crippen molar-refractivity contribution in [2.24, 2.45) is 11.8 Å². The Kier molecular flexibility index (Phi) is 15.2. The number of amides is 7. The molecule has 3 aromatic carbocycles. The van der Waals surface area contributed by atoms with Gasteiger partial charge in [0.1, 0.15) is 17.4 Å². The molecule has 1 spiro atoms. The van der Waals surface area contributed by atoms with E-state index in [1.165, 1.54) is 31.4 Å². The summed E-state index contributed by atoms with van der Waals surface area (Å²) in [6.45, 7) is 14.0. The Morgan fingerprint density at radius 1 is 0.756 bits per heavy atom. The van der Waals surface area contributed by atoms with Gasteiger partial charge in [-0.1, -0.05) is 24.6 Å². The van der Waals surface area contributed by atoms with E-state index in [2.05, 4.69) is 43.2 Å². The molecule has 6 fully saturated rings. The maximum atomic E-state index is 16.0. The Hall–Kier alpha value is -7.74. The Bertz CT molecular complexity index is 3570. The van der Waals surface area contributed by atoms with Crippen LogP contribution in [-0.2, 0) is 24.6 Å². The summed E-state index contributed by atoms with van der Waals surface area (Å²) in [7, 11) is 0. The van der Waals surface area contributed by atoms with Gasteiger partial charge in [0, 0.05) is 91.4 Å². The van der Waals surface area contributed by atoms with Crippen molar-refractivity contribution in [1.29, 1.82) is 0 Å². The topological polar surface area (TPSA) is 215 Å². The Morgan fingerprint density at radius 2 is 1.51 bits per heavy atom. The molecule has 0 radical (unpaired) electrons. The number of anilines is 4. The van der Waals surface area contributed by atoms with Gasteiger partial charge in [-0.2, -0.15) is 0 Å². The maximum absolute atomic E-state index is 16.0. The minimum atomic E-state index is -0.824. The second-order valence-electron chi connectivity index (χ2n) is 26.2. The first-order chi connectivity index (χ1) is 41.5. The number of likely N-dealkylation sites (tertiary alicyclic amines) is 3. The molecule has 19 nitrogen and oxygen atoms in total. The van der Waals surface area contributed by atoms with Crippen LogP contribution in [0.1, 0.15) is 166 Å². The number of rotatable bonds is 13. The van der Waals surface area contributed by atoms with E-state index in [4.69, 9.17) is 9.97 Å². The van der Waals surface area contributed by atoms with Gasteiger partial charge in [-0.3, -0.25) is 38.5 Å². The third kappa shape index (κ3) is 10.2. The van der Waals surface area contributed by atoms with E-state index in [0.717, 1.165) is 47.6 Å². The zero-order valence-electron chi connectivity index (χ0n) is 50.1. The minimum Gasteiger partial charge on any atom is -0.382 e. The highest BCUT2D eigenvalue weighted by molar-refractivity contribution is 6.25. The molecule has 5 aromatic rings. The molecule has 2 atom stereocenters. The van der Waals surface area contributed by atoms with Crippen LogP contribution >= 0.6 is 0 Å². The molecular weight excluding hydrogens is 1090 g/mol. The summed E-state index contributed by atoms with van der Waals surface area (Å²) < 4.78 is 18.0. The van der Waals surface area contributed by atoms with Crippen molar-refractivity contribution in [3.8, 4) is 11.3 Å². The zero-order valence-corrected chi connectivity index (χ0v) is 50.1. The minimum absolute atomic E-state index is 0.00318. The fraction of sp³-hybridized carbons (Fsp3) is 0.530. The average molecular weight is 1170 g/mol. The number of piperidine rings is 3. The van der Waals surface area contributed by atoms with Gasteiger partial charge in [-0.25, -0.2) is 14.4 Å². The van der Waals surface area contributed by atoms with Crippen molar-refractivity contribution in [2.45, 2.75) is 166 Å². The van der Waals surface area contributed by atoms with Crippen molar-refractivity contribution < 1.29 is 38.0 Å². The van der Waals surface area contributed by atoms with Gasteiger partial charge in [0.05, 0.1) is 45.7 Å². The average Bonchev–Trinajstić information content (AvgIpc) is 1.63. The predicted molar refractivity (Wildman–Crippen MR) is 325 cm³/mol. The lowest BCUT2D eigenvalue weighted by molar-refractivity contribution is -0.140. The molecule has 4 saturated heterocycles. The number of halogens is 1. The lowest BCUT2D eigenvalue weighted by Gasteiger charge is -2.48. The van der Waals surface area contributed by atoms with Crippen LogP contribution < -0.4 is 26.2 Å². The number of carbonyl (C=O) groups is 7. The monoisotopic (exact) mass is 1170 g/mol. The summed E-state index contributed by atoms with van der Waals surface area (Å²) in [5.41, 5.74) is 5.85. The van der Waals surface area contributed by atoms with Crippen LogP contribution in [0.5, 0.6) is 0 Å². The summed E-state index contributed by atoms with van der Waals surface area (Å²) in [6, 6.07) is 15.7. The van der Waals surface area contributed by atoms with Crippen molar-refractivity contribution in [1.82, 2.24) is 44.8 Å². The molecule has 452 valence electrons. The lowest BCUT2D eigenvalue weighted by Crippen LogP contribution is -2.58. The molecule has 2 aliphatic carbocycles. The Morgan fingerprint density at radius 3 is 2.24 bits per heavy atom. The fourth-order valence-corrected chi connectivity index (χ4v) is 15.3. The number of benzene rings is 3. The first-order valence-electron chi connectivity index (χ1n) is 31.6. The lowest BCUT2D eigenvalue weighted by atomic mass is 9.73. The molecule has 8 heterocycles. The molecule has 2 aromatic heterocycles. The third-order valence-electron chi connectivity index (χ3n) is 20.1. The van der Waals surface area contributed by atoms with Crippen LogP contribution in [0.3, 0.4) is 0 Å². The fourth-order valence-electron chi connectivity index (χ4n) is 15.3. The number of imidazole rings is 1. The quantitative estimate of drug-likeness (QED) is 0.0816. The van der Waals surface area contributed by atoms with Gasteiger partial charge in [0.25, 0.3) is 17.7 Å². The maximum Gasteiger partial charge on any atom is 0.264 e. The highest BCUT2D eigenvalue weighted by Gasteiger charge is 2.56. The number of pyridine rings is 1. The summed E-state index contributed by atoms with van der Waals surface area (Å²) in [5, 5.41) is 12.5. The number of aryl methyl sites for hydroxylation is 1. The second kappa shape index (κ2) is 22.8. The molecule has 1 unspecified atom stereocenters. The molecule has 13 rings (SSSR count). The molecule has 6 aliphatic heterocycles. The molecule has 20 heteroatoms. The summed E-state index contributed by atoms with van der Waals surface area (Å²) in [5.74, 6) is -1.99. The third-order valence-corrected chi connectivity index (χ3v) is 20.1. The molecular formula is C66H79FN12O7. The van der Waals surface area contributed by atoms with Crippen molar-refractivity contribution in [3.63, 3.8) is 0 Å². The molecule has 4 N–H and O–H groups in total. The van der Waals surface area contributed by atoms with Crippen molar-refractivity contribution in [2.75, 3.05) is 61.3 Å². The first kappa shape index (κ1) is 57.3. The highest BCUT2D eigenvalue weighted by atomic mass is 19.1. The van der Waals surface area contributed by atoms with Crippen LogP contribution in [0.25, 0.3) is 22.3 Å². The molecule has 86 heavy (non-hydrogen) atoms. The van der Waals surface area contributed by atoms with E-state index in [1.807, 2.05) is 54.2 Å². The Balaban J connectivity index is 0.695. The number of nitrogens with zero attached hydrogens (tertiary/aromatic N) is 8. The largest absolute Gasteiger partial charge is 0.382 e. The molecule has 0 bridgehead atoms. The number of imide groups is 1. The van der Waals surface area contributed by atoms with E-state index in [-0.39, 0.29) is 71.2 Å². The van der Waals surface area contributed by atoms with E-state index < -0.39 is 29.1 Å². The smallest absolute Gasteiger partial charge is 0.264 e. The van der Waals surface area contributed by atoms with Crippen LogP contribution in [0.2, 0.25) is 0 Å². The van der Waals surface area contributed by atoms with Gasteiger partial charge < -0.3 is 45.4 Å². The predicted octanol–water partition coefficient (Wildman–Crippen LogP) is 8.63. The van der Waals surface area contributed by atoms with Crippen LogP contribution in [0.4, 0.5) is 27.3 Å². The van der Waals surface area contributed by atoms with Crippen LogP contribution in [0.15, 0.2) is 60.9 Å². The van der Waals surface area contributed by atoms with Crippen molar-refractivity contribution in [3.05, 3.63) is 94.6 Å². The number of fused-ring (bicyclic) bond motifs is 4. The van der Waals surface area contributed by atoms with Crippen LogP contribution in [-0.4, -0.2) is 152 Å². The van der Waals surface area contributed by atoms with Crippen molar-refractivity contribution >= 4 is 75.3 Å². The number of hydrogen-bond acceptors (Lipinski definition) is 12. The molecule has 7 amide bonds. The normalized spacial score (nSPS) is 24.8. The van der Waals surface area contributed by atoms with Gasteiger partial charge >= 0.3 is 0 Å². The van der Waals surface area contributed by atoms with Crippen LogP contribution in [0, 0.1) is 24.6 Å². The number of carbonyl (C=O) groups excluding carboxylic acids is 7. The summed E-state index contributed by atoms with van der Waals surface area (Å²) in [4.78, 5) is 117. The van der Waals surface area contributed by atoms with E-state index >= 15 is 9.18 Å². The molecule has 8 aliphatic rings. The molecule has 2 saturated carbocycles. The summed E-state index contributed by atoms with van der Waals surface area (Å²) >= 11 is 0. The second-order valence-corrected chi connectivity index (χ2v) is 26.2. The van der Waals surface area contributed by atoms with E-state index in [9.17, 15) is 28.8 Å². The van der Waals surface area contributed by atoms with Gasteiger partial charge in [0.2, 0.25) is 23.6 Å². The highest BCUT2D eigenvalue weighted by Crippen LogP contribution is 2.53. The van der Waals surface area contributed by atoms with Gasteiger partial charge in [0.15, 0.2) is 5.82 Å². The summed E-state index contributed by atoms with van der Waals surface area (Å²) in [6.07, 6.45) is 12.5. The first-order valence-corrected chi connectivity index (χ1v) is 31.6. The standard InChI is InChI=1S/C66H79FN12O7/c1-37(2)70-59(80)47-33-52(49(67)29-39(47)5)73-58-57-53(69-36-77(57)38(3)4)34-51(72-58)41-16-19-48-55(30-41)78(45-31-44(32-45)74-24-7-6-8-25-74)65(86)66(48)21-27-75(28-22-66)62(83)42-20-26-76(35-42)61(82)40-14-17-43(18-15-40)71-50-12-9-11-46-56(50)64(85)79(63(46)84)54-13-10-23-68-60(54)81/h9,11-12,16,19,29-30,33-34,36-38,40,42-45,54,71H,6-8,10,13-15,17-18,20-28,31-32,35H2,1-5H3,(H,68,81)(H,70,80)(H,72,73)/t40?,42-,43?,44?,45?,54?/m1/s1. The zero-order chi connectivity index (χ0) is 59.9. The number of nitrogens with one attached hydrogen (secondary N) is 4. The van der Waals surface area contributed by atoms with E-state index in [1.54, 1.807) is 31.5 Å². The number of aromatic nitrogens is 3.